The minimum Gasteiger partial charge on any atom is -0.467 e. The maximum absolute atomic E-state index is 13.2. The molecule has 0 aliphatic carbocycles. The summed E-state index contributed by atoms with van der Waals surface area (Å²) < 4.78 is 12.2. The summed E-state index contributed by atoms with van der Waals surface area (Å²) in [6.07, 6.45) is 2.40. The molecule has 0 fully saturated rings. The zero-order valence-corrected chi connectivity index (χ0v) is 16.9. The third kappa shape index (κ3) is 2.63. The lowest BCUT2D eigenvalue weighted by atomic mass is 10.1. The predicted molar refractivity (Wildman–Crippen MR) is 107 cm³/mol. The summed E-state index contributed by atoms with van der Waals surface area (Å²) in [5.74, 6) is 1.84. The van der Waals surface area contributed by atoms with E-state index in [1.807, 2.05) is 34.9 Å². The quantitative estimate of drug-likeness (QED) is 0.530. The topological polar surface area (TPSA) is 79.4 Å². The first-order valence-corrected chi connectivity index (χ1v) is 9.51. The highest BCUT2D eigenvalue weighted by atomic mass is 16.3. The van der Waals surface area contributed by atoms with Crippen LogP contribution in [0.5, 0.6) is 0 Å². The molecule has 0 saturated heterocycles. The summed E-state index contributed by atoms with van der Waals surface area (Å²) in [6, 6.07) is 3.75. The number of aryl methyl sites for hydroxylation is 2. The molecule has 0 aliphatic heterocycles. The zero-order valence-electron chi connectivity index (χ0n) is 16.9. The summed E-state index contributed by atoms with van der Waals surface area (Å²) in [5.41, 5.74) is 2.16. The molecule has 4 aromatic heterocycles. The second kappa shape index (κ2) is 6.54. The molecule has 28 heavy (non-hydrogen) atoms. The highest BCUT2D eigenvalue weighted by Crippen LogP contribution is 2.22. The van der Waals surface area contributed by atoms with Crippen molar-refractivity contribution in [3.05, 3.63) is 56.4 Å². The van der Waals surface area contributed by atoms with E-state index in [0.717, 1.165) is 23.6 Å². The number of aromatic nitrogens is 5. The first kappa shape index (κ1) is 18.3. The zero-order chi connectivity index (χ0) is 20.2. The molecule has 0 saturated carbocycles. The van der Waals surface area contributed by atoms with Gasteiger partial charge in [-0.25, -0.2) is 4.79 Å². The van der Waals surface area contributed by atoms with E-state index < -0.39 is 0 Å². The Morgan fingerprint density at radius 3 is 2.54 bits per heavy atom. The van der Waals surface area contributed by atoms with Gasteiger partial charge in [-0.15, -0.1) is 0 Å². The van der Waals surface area contributed by atoms with Crippen LogP contribution in [0, 0.1) is 19.8 Å². The van der Waals surface area contributed by atoms with Crippen molar-refractivity contribution in [1.82, 2.24) is 23.1 Å². The largest absolute Gasteiger partial charge is 0.467 e. The van der Waals surface area contributed by atoms with E-state index in [1.54, 1.807) is 13.3 Å². The van der Waals surface area contributed by atoms with E-state index in [1.165, 1.54) is 9.13 Å². The summed E-state index contributed by atoms with van der Waals surface area (Å²) in [6.45, 7) is 9.02. The molecule has 4 aromatic rings. The second-order valence-electron chi connectivity index (χ2n) is 7.74. The second-order valence-corrected chi connectivity index (χ2v) is 7.74. The van der Waals surface area contributed by atoms with E-state index in [4.69, 9.17) is 4.42 Å². The Bertz CT molecular complexity index is 1280. The van der Waals surface area contributed by atoms with Gasteiger partial charge in [0, 0.05) is 25.0 Å². The Morgan fingerprint density at radius 1 is 1.14 bits per heavy atom. The average Bonchev–Trinajstić information content (AvgIpc) is 3.34. The fraction of sp³-hybridized carbons (Fsp3) is 0.450. The standard InChI is InChI=1S/C20H25N5O3/c1-12(2)8-9-23-18(26)16-17(22(5)20(23)27)21-19-24(11-15-7-6-10-28-15)13(3)14(4)25(16)19/h6-7,10,12H,8-9,11H2,1-5H3. The molecule has 0 amide bonds. The van der Waals surface area contributed by atoms with Crippen LogP contribution in [-0.2, 0) is 20.1 Å². The fourth-order valence-corrected chi connectivity index (χ4v) is 3.65. The van der Waals surface area contributed by atoms with Gasteiger partial charge < -0.3 is 8.98 Å². The van der Waals surface area contributed by atoms with Crippen LogP contribution in [0.15, 0.2) is 32.4 Å². The van der Waals surface area contributed by atoms with Gasteiger partial charge in [0.1, 0.15) is 5.76 Å². The van der Waals surface area contributed by atoms with Crippen molar-refractivity contribution in [3.8, 4) is 0 Å². The molecular formula is C20H25N5O3. The first-order chi connectivity index (χ1) is 13.3. The summed E-state index contributed by atoms with van der Waals surface area (Å²) >= 11 is 0. The number of rotatable bonds is 5. The number of imidazole rings is 2. The third-order valence-electron chi connectivity index (χ3n) is 5.45. The molecule has 0 unspecified atom stereocenters. The van der Waals surface area contributed by atoms with Crippen LogP contribution in [0.1, 0.15) is 37.4 Å². The SMILES string of the molecule is Cc1c(C)n2c3c(=O)n(CCC(C)C)c(=O)n(C)c3nc2n1Cc1ccco1. The minimum atomic E-state index is -0.328. The molecule has 0 radical (unpaired) electrons. The maximum atomic E-state index is 13.2. The maximum Gasteiger partial charge on any atom is 0.332 e. The van der Waals surface area contributed by atoms with Crippen molar-refractivity contribution in [2.45, 2.75) is 47.2 Å². The Morgan fingerprint density at radius 2 is 1.89 bits per heavy atom. The van der Waals surface area contributed by atoms with Crippen LogP contribution in [-0.4, -0.2) is 23.1 Å². The van der Waals surface area contributed by atoms with Crippen LogP contribution in [0.3, 0.4) is 0 Å². The molecule has 0 bridgehead atoms. The van der Waals surface area contributed by atoms with Gasteiger partial charge in [0.15, 0.2) is 11.2 Å². The van der Waals surface area contributed by atoms with Gasteiger partial charge in [-0.05, 0) is 38.3 Å². The van der Waals surface area contributed by atoms with Crippen molar-refractivity contribution >= 4 is 16.9 Å². The summed E-state index contributed by atoms with van der Waals surface area (Å²) in [5, 5.41) is 0. The molecule has 0 aromatic carbocycles. The Kier molecular flexibility index (Phi) is 4.28. The van der Waals surface area contributed by atoms with E-state index in [0.29, 0.717) is 35.9 Å². The van der Waals surface area contributed by atoms with E-state index >= 15 is 0 Å². The van der Waals surface area contributed by atoms with Crippen LogP contribution in [0.25, 0.3) is 16.9 Å². The highest BCUT2D eigenvalue weighted by molar-refractivity contribution is 5.76. The van der Waals surface area contributed by atoms with Crippen LogP contribution in [0.4, 0.5) is 0 Å². The molecular weight excluding hydrogens is 358 g/mol. The van der Waals surface area contributed by atoms with Crippen LogP contribution in [0.2, 0.25) is 0 Å². The summed E-state index contributed by atoms with van der Waals surface area (Å²) in [7, 11) is 1.67. The monoisotopic (exact) mass is 383 g/mol. The van der Waals surface area contributed by atoms with Crippen molar-refractivity contribution in [3.63, 3.8) is 0 Å². The van der Waals surface area contributed by atoms with Crippen LogP contribution < -0.4 is 11.2 Å². The Labute approximate surface area is 161 Å². The van der Waals surface area contributed by atoms with E-state index in [9.17, 15) is 9.59 Å². The molecule has 0 spiro atoms. The Hall–Kier alpha value is -3.03. The van der Waals surface area contributed by atoms with Crippen molar-refractivity contribution in [2.24, 2.45) is 13.0 Å². The lowest BCUT2D eigenvalue weighted by molar-refractivity contribution is 0.488. The molecule has 0 aliphatic rings. The molecule has 0 atom stereocenters. The average molecular weight is 383 g/mol. The smallest absolute Gasteiger partial charge is 0.332 e. The third-order valence-corrected chi connectivity index (χ3v) is 5.45. The van der Waals surface area contributed by atoms with Crippen molar-refractivity contribution < 1.29 is 4.42 Å². The van der Waals surface area contributed by atoms with Gasteiger partial charge in [-0.2, -0.15) is 4.98 Å². The highest BCUT2D eigenvalue weighted by Gasteiger charge is 2.22. The molecule has 148 valence electrons. The van der Waals surface area contributed by atoms with Gasteiger partial charge >= 0.3 is 5.69 Å². The lowest BCUT2D eigenvalue weighted by Crippen LogP contribution is -2.39. The summed E-state index contributed by atoms with van der Waals surface area (Å²) in [4.78, 5) is 30.7. The molecule has 4 rings (SSSR count). The number of nitrogens with zero attached hydrogens (tertiary/aromatic N) is 5. The van der Waals surface area contributed by atoms with Crippen molar-refractivity contribution in [2.75, 3.05) is 0 Å². The lowest BCUT2D eigenvalue weighted by Gasteiger charge is -2.09. The Balaban J connectivity index is 2.02. The first-order valence-electron chi connectivity index (χ1n) is 9.51. The number of hydrogen-bond donors (Lipinski definition) is 0. The predicted octanol–water partition coefficient (Wildman–Crippen LogP) is 2.45. The van der Waals surface area contributed by atoms with Gasteiger partial charge in [0.05, 0.1) is 12.8 Å². The number of furan rings is 1. The molecule has 4 heterocycles. The van der Waals surface area contributed by atoms with Gasteiger partial charge in [0.2, 0.25) is 5.78 Å². The number of hydrogen-bond acceptors (Lipinski definition) is 4. The van der Waals surface area contributed by atoms with Gasteiger partial charge in [0.25, 0.3) is 5.56 Å². The normalized spacial score (nSPS) is 12.1. The van der Waals surface area contributed by atoms with Crippen LogP contribution >= 0.6 is 0 Å². The molecule has 0 N–H and O–H groups in total. The fourth-order valence-electron chi connectivity index (χ4n) is 3.65. The minimum absolute atomic E-state index is 0.288. The molecule has 8 heteroatoms. The van der Waals surface area contributed by atoms with E-state index in [2.05, 4.69) is 18.8 Å². The van der Waals surface area contributed by atoms with E-state index in [-0.39, 0.29) is 11.2 Å². The van der Waals surface area contributed by atoms with Crippen molar-refractivity contribution in [1.29, 1.82) is 0 Å². The molecule has 8 nitrogen and oxygen atoms in total. The van der Waals surface area contributed by atoms with Gasteiger partial charge in [-0.3, -0.25) is 18.3 Å². The van der Waals surface area contributed by atoms with Gasteiger partial charge in [-0.1, -0.05) is 13.8 Å². The number of fused-ring (bicyclic) bond motifs is 3.